The molecular weight excluding hydrogens is 270 g/mol. The van der Waals surface area contributed by atoms with Gasteiger partial charge in [-0.1, -0.05) is 13.8 Å². The van der Waals surface area contributed by atoms with Crippen molar-refractivity contribution in [1.29, 1.82) is 0 Å². The van der Waals surface area contributed by atoms with E-state index in [-0.39, 0.29) is 17.9 Å². The highest BCUT2D eigenvalue weighted by atomic mass is 16.5. The van der Waals surface area contributed by atoms with Gasteiger partial charge in [0.1, 0.15) is 0 Å². The van der Waals surface area contributed by atoms with Gasteiger partial charge in [-0.15, -0.1) is 0 Å². The molecule has 0 atom stereocenters. The van der Waals surface area contributed by atoms with Crippen molar-refractivity contribution in [1.82, 2.24) is 5.32 Å². The van der Waals surface area contributed by atoms with E-state index < -0.39 is 0 Å². The first-order valence-electron chi connectivity index (χ1n) is 7.13. The highest BCUT2D eigenvalue weighted by Gasteiger charge is 2.19. The molecule has 0 heterocycles. The van der Waals surface area contributed by atoms with Gasteiger partial charge in [0.25, 0.3) is 5.91 Å². The third-order valence-electron chi connectivity index (χ3n) is 3.24. The largest absolute Gasteiger partial charge is 0.493 e. The minimum atomic E-state index is -0.162. The summed E-state index contributed by atoms with van der Waals surface area (Å²) in [6.45, 7) is 7.00. The lowest BCUT2D eigenvalue weighted by Gasteiger charge is -2.23. The highest BCUT2D eigenvalue weighted by Crippen LogP contribution is 2.28. The maximum atomic E-state index is 12.2. The number of carbonyl (C=O) groups is 1. The summed E-state index contributed by atoms with van der Waals surface area (Å²) >= 11 is 0. The fourth-order valence-electron chi connectivity index (χ4n) is 1.90. The van der Waals surface area contributed by atoms with Crippen LogP contribution in [-0.2, 0) is 0 Å². The summed E-state index contributed by atoms with van der Waals surface area (Å²) in [4.78, 5) is 12.2. The van der Waals surface area contributed by atoms with Crippen molar-refractivity contribution in [3.05, 3.63) is 23.8 Å². The Morgan fingerprint density at radius 3 is 2.62 bits per heavy atom. The molecule has 0 spiro atoms. The smallest absolute Gasteiger partial charge is 0.251 e. The SMILES string of the molecule is CCOc1cc(C(=O)NCC(C)(C)CCO)ccc1OC. The zero-order chi connectivity index (χ0) is 15.9. The molecule has 0 unspecified atom stereocenters. The van der Waals surface area contributed by atoms with Gasteiger partial charge in [0.05, 0.1) is 13.7 Å². The minimum Gasteiger partial charge on any atom is -0.493 e. The Labute approximate surface area is 126 Å². The second-order valence-electron chi connectivity index (χ2n) is 5.62. The average Bonchev–Trinajstić information content (AvgIpc) is 2.45. The van der Waals surface area contributed by atoms with Gasteiger partial charge in [0, 0.05) is 18.7 Å². The summed E-state index contributed by atoms with van der Waals surface area (Å²) in [5.74, 6) is 1.00. The maximum absolute atomic E-state index is 12.2. The summed E-state index contributed by atoms with van der Waals surface area (Å²) < 4.78 is 10.7. The summed E-state index contributed by atoms with van der Waals surface area (Å²) in [5, 5.41) is 11.9. The monoisotopic (exact) mass is 295 g/mol. The van der Waals surface area contributed by atoms with E-state index in [9.17, 15) is 4.79 Å². The van der Waals surface area contributed by atoms with E-state index >= 15 is 0 Å². The molecule has 0 aliphatic heterocycles. The third kappa shape index (κ3) is 5.27. The Hall–Kier alpha value is -1.75. The van der Waals surface area contributed by atoms with Gasteiger partial charge in [-0.2, -0.15) is 0 Å². The van der Waals surface area contributed by atoms with Gasteiger partial charge >= 0.3 is 0 Å². The minimum absolute atomic E-state index is 0.111. The molecule has 1 aromatic rings. The molecule has 0 radical (unpaired) electrons. The Kier molecular flexibility index (Phi) is 6.49. The molecule has 0 aliphatic rings. The number of methoxy groups -OCH3 is 1. The van der Waals surface area contributed by atoms with Crippen LogP contribution in [0.1, 0.15) is 37.6 Å². The number of aliphatic hydroxyl groups is 1. The van der Waals surface area contributed by atoms with Gasteiger partial charge in [-0.25, -0.2) is 0 Å². The number of hydrogen-bond donors (Lipinski definition) is 2. The normalized spacial score (nSPS) is 11.1. The summed E-state index contributed by atoms with van der Waals surface area (Å²) in [5.41, 5.74) is 0.388. The average molecular weight is 295 g/mol. The second kappa shape index (κ2) is 7.88. The van der Waals surface area contributed by atoms with E-state index in [1.54, 1.807) is 25.3 Å². The van der Waals surface area contributed by atoms with E-state index in [4.69, 9.17) is 14.6 Å². The van der Waals surface area contributed by atoms with Gasteiger partial charge in [0.2, 0.25) is 0 Å². The van der Waals surface area contributed by atoms with Crippen LogP contribution in [0.4, 0.5) is 0 Å². The molecule has 0 aromatic heterocycles. The molecule has 0 saturated carbocycles. The number of ether oxygens (including phenoxy) is 2. The van der Waals surface area contributed by atoms with Gasteiger partial charge in [-0.3, -0.25) is 4.79 Å². The first-order chi connectivity index (χ1) is 9.93. The van der Waals surface area contributed by atoms with Crippen LogP contribution in [0.3, 0.4) is 0 Å². The number of aliphatic hydroxyl groups excluding tert-OH is 1. The molecule has 21 heavy (non-hydrogen) atoms. The number of carbonyl (C=O) groups excluding carboxylic acids is 1. The van der Waals surface area contributed by atoms with Crippen molar-refractivity contribution in [2.24, 2.45) is 5.41 Å². The summed E-state index contributed by atoms with van der Waals surface area (Å²) in [6.07, 6.45) is 0.639. The number of benzene rings is 1. The lowest BCUT2D eigenvalue weighted by atomic mass is 9.89. The molecule has 1 amide bonds. The van der Waals surface area contributed by atoms with E-state index in [2.05, 4.69) is 5.32 Å². The van der Waals surface area contributed by atoms with Crippen LogP contribution in [0.2, 0.25) is 0 Å². The third-order valence-corrected chi connectivity index (χ3v) is 3.24. The zero-order valence-corrected chi connectivity index (χ0v) is 13.2. The van der Waals surface area contributed by atoms with Crippen LogP contribution in [0.15, 0.2) is 18.2 Å². The molecular formula is C16H25NO4. The molecule has 5 nitrogen and oxygen atoms in total. The lowest BCUT2D eigenvalue weighted by molar-refractivity contribution is 0.0927. The van der Waals surface area contributed by atoms with Crippen molar-refractivity contribution in [3.8, 4) is 11.5 Å². The standard InChI is InChI=1S/C16H25NO4/c1-5-21-14-10-12(6-7-13(14)20-4)15(19)17-11-16(2,3)8-9-18/h6-7,10,18H,5,8-9,11H2,1-4H3,(H,17,19). The second-order valence-corrected chi connectivity index (χ2v) is 5.62. The molecule has 1 rings (SSSR count). The van der Waals surface area contributed by atoms with Gasteiger partial charge in [-0.05, 0) is 37.0 Å². The fraction of sp³-hybridized carbons (Fsp3) is 0.562. The Morgan fingerprint density at radius 2 is 2.05 bits per heavy atom. The molecule has 0 bridgehead atoms. The van der Waals surface area contributed by atoms with Crippen molar-refractivity contribution >= 4 is 5.91 Å². The lowest BCUT2D eigenvalue weighted by Crippen LogP contribution is -2.34. The highest BCUT2D eigenvalue weighted by molar-refractivity contribution is 5.94. The van der Waals surface area contributed by atoms with Gasteiger partial charge in [0.15, 0.2) is 11.5 Å². The van der Waals surface area contributed by atoms with E-state index in [1.807, 2.05) is 20.8 Å². The quantitative estimate of drug-likeness (QED) is 0.772. The van der Waals surface area contributed by atoms with Crippen LogP contribution < -0.4 is 14.8 Å². The van der Waals surface area contributed by atoms with Crippen LogP contribution in [0, 0.1) is 5.41 Å². The first kappa shape index (κ1) is 17.3. The van der Waals surface area contributed by atoms with Gasteiger partial charge < -0.3 is 19.9 Å². The number of nitrogens with one attached hydrogen (secondary N) is 1. The Morgan fingerprint density at radius 1 is 1.33 bits per heavy atom. The number of rotatable bonds is 8. The molecule has 118 valence electrons. The summed E-state index contributed by atoms with van der Waals surface area (Å²) in [7, 11) is 1.56. The fourth-order valence-corrected chi connectivity index (χ4v) is 1.90. The van der Waals surface area contributed by atoms with Crippen molar-refractivity contribution in [2.45, 2.75) is 27.2 Å². The topological polar surface area (TPSA) is 67.8 Å². The Balaban J connectivity index is 2.76. The first-order valence-corrected chi connectivity index (χ1v) is 7.13. The Bertz CT molecular complexity index is 471. The van der Waals surface area contributed by atoms with Crippen LogP contribution in [-0.4, -0.2) is 37.9 Å². The van der Waals surface area contributed by atoms with E-state index in [0.29, 0.717) is 36.6 Å². The molecule has 2 N–H and O–H groups in total. The van der Waals surface area contributed by atoms with Crippen LogP contribution in [0.25, 0.3) is 0 Å². The molecule has 1 aromatic carbocycles. The van der Waals surface area contributed by atoms with Crippen molar-refractivity contribution in [2.75, 3.05) is 26.9 Å². The predicted molar refractivity (Wildman–Crippen MR) is 82.0 cm³/mol. The zero-order valence-electron chi connectivity index (χ0n) is 13.2. The van der Waals surface area contributed by atoms with Crippen molar-refractivity contribution in [3.63, 3.8) is 0 Å². The molecule has 0 saturated heterocycles. The van der Waals surface area contributed by atoms with Crippen molar-refractivity contribution < 1.29 is 19.4 Å². The van der Waals surface area contributed by atoms with E-state index in [0.717, 1.165) is 0 Å². The predicted octanol–water partition coefficient (Wildman–Crippen LogP) is 2.23. The summed E-state index contributed by atoms with van der Waals surface area (Å²) in [6, 6.07) is 5.10. The van der Waals surface area contributed by atoms with Crippen LogP contribution >= 0.6 is 0 Å². The number of hydrogen-bond acceptors (Lipinski definition) is 4. The maximum Gasteiger partial charge on any atom is 0.251 e. The molecule has 0 aliphatic carbocycles. The van der Waals surface area contributed by atoms with E-state index in [1.165, 1.54) is 0 Å². The molecule has 5 heteroatoms. The van der Waals surface area contributed by atoms with Crippen LogP contribution in [0.5, 0.6) is 11.5 Å². The molecule has 0 fully saturated rings. The number of amides is 1.